The molecule has 5 nitrogen and oxygen atoms in total. The maximum atomic E-state index is 10.4. The van der Waals surface area contributed by atoms with Gasteiger partial charge in [-0.3, -0.25) is 9.63 Å². The van der Waals surface area contributed by atoms with E-state index in [4.69, 9.17) is 15.3 Å². The molecule has 1 saturated carbocycles. The van der Waals surface area contributed by atoms with Gasteiger partial charge >= 0.3 is 0 Å². The Morgan fingerprint density at radius 2 is 2.36 bits per heavy atom. The second-order valence-electron chi connectivity index (χ2n) is 3.59. The molecule has 0 spiro atoms. The van der Waals surface area contributed by atoms with Gasteiger partial charge in [-0.2, -0.15) is 5.48 Å². The van der Waals surface area contributed by atoms with Crippen molar-refractivity contribution in [3.63, 3.8) is 0 Å². The van der Waals surface area contributed by atoms with Gasteiger partial charge in [0.2, 0.25) is 5.91 Å². The number of carbonyl (C=O) groups excluding carboxylic acids is 1. The highest BCUT2D eigenvalue weighted by atomic mass is 16.6. The number of primary amides is 1. The third kappa shape index (κ3) is 4.04. The Morgan fingerprint density at radius 3 is 3.00 bits per heavy atom. The minimum absolute atomic E-state index is 0.0752. The number of amides is 1. The lowest BCUT2D eigenvalue weighted by atomic mass is 9.93. The van der Waals surface area contributed by atoms with E-state index in [9.17, 15) is 4.79 Å². The molecule has 82 valence electrons. The number of ether oxygens (including phenoxy) is 1. The Bertz CT molecular complexity index is 187. The zero-order valence-electron chi connectivity index (χ0n) is 8.49. The van der Waals surface area contributed by atoms with Gasteiger partial charge in [-0.05, 0) is 25.7 Å². The second-order valence-corrected chi connectivity index (χ2v) is 3.59. The van der Waals surface area contributed by atoms with Crippen LogP contribution in [0.1, 0.15) is 25.7 Å². The van der Waals surface area contributed by atoms with Crippen molar-refractivity contribution < 1.29 is 14.4 Å². The molecule has 0 aromatic carbocycles. The van der Waals surface area contributed by atoms with Crippen LogP contribution in [0, 0.1) is 0 Å². The SMILES string of the molecule is COC1CCCC(NOCC(N)=O)C1. The van der Waals surface area contributed by atoms with E-state index in [0.717, 1.165) is 25.7 Å². The predicted molar refractivity (Wildman–Crippen MR) is 51.3 cm³/mol. The summed E-state index contributed by atoms with van der Waals surface area (Å²) in [5, 5.41) is 0. The van der Waals surface area contributed by atoms with Crippen LogP contribution in [0.3, 0.4) is 0 Å². The fourth-order valence-corrected chi connectivity index (χ4v) is 1.70. The van der Waals surface area contributed by atoms with Crippen LogP contribution in [0.15, 0.2) is 0 Å². The van der Waals surface area contributed by atoms with Crippen molar-refractivity contribution >= 4 is 5.91 Å². The maximum absolute atomic E-state index is 10.4. The van der Waals surface area contributed by atoms with Crippen LogP contribution in [0.25, 0.3) is 0 Å². The summed E-state index contributed by atoms with van der Waals surface area (Å²) in [6.07, 6.45) is 4.51. The van der Waals surface area contributed by atoms with Gasteiger partial charge in [0.1, 0.15) is 6.61 Å². The predicted octanol–water partition coefficient (Wildman–Crippen LogP) is -0.0495. The van der Waals surface area contributed by atoms with E-state index in [-0.39, 0.29) is 12.6 Å². The molecule has 0 aromatic rings. The summed E-state index contributed by atoms with van der Waals surface area (Å²) in [5.41, 5.74) is 7.77. The van der Waals surface area contributed by atoms with Gasteiger partial charge in [0.05, 0.1) is 6.10 Å². The number of hydrogen-bond donors (Lipinski definition) is 2. The Morgan fingerprint density at radius 1 is 1.57 bits per heavy atom. The highest BCUT2D eigenvalue weighted by molar-refractivity contribution is 5.74. The van der Waals surface area contributed by atoms with E-state index in [1.54, 1.807) is 7.11 Å². The van der Waals surface area contributed by atoms with Crippen LogP contribution in [0.2, 0.25) is 0 Å². The van der Waals surface area contributed by atoms with E-state index in [1.165, 1.54) is 0 Å². The van der Waals surface area contributed by atoms with E-state index < -0.39 is 5.91 Å². The smallest absolute Gasteiger partial charge is 0.245 e. The first-order valence-electron chi connectivity index (χ1n) is 4.90. The van der Waals surface area contributed by atoms with Crippen LogP contribution < -0.4 is 11.2 Å². The van der Waals surface area contributed by atoms with Crippen molar-refractivity contribution in [2.24, 2.45) is 5.73 Å². The average Bonchev–Trinajstić information content (AvgIpc) is 2.18. The van der Waals surface area contributed by atoms with Crippen molar-refractivity contribution in [2.75, 3.05) is 13.7 Å². The first kappa shape index (κ1) is 11.4. The van der Waals surface area contributed by atoms with Crippen molar-refractivity contribution in [3.8, 4) is 0 Å². The van der Waals surface area contributed by atoms with Crippen molar-refractivity contribution in [1.29, 1.82) is 0 Å². The monoisotopic (exact) mass is 202 g/mol. The largest absolute Gasteiger partial charge is 0.381 e. The summed E-state index contributed by atoms with van der Waals surface area (Å²) in [7, 11) is 1.72. The van der Waals surface area contributed by atoms with E-state index in [2.05, 4.69) is 5.48 Å². The minimum atomic E-state index is -0.461. The molecule has 3 N–H and O–H groups in total. The average molecular weight is 202 g/mol. The first-order valence-corrected chi connectivity index (χ1v) is 4.90. The molecule has 1 rings (SSSR count). The lowest BCUT2D eigenvalue weighted by Crippen LogP contribution is -2.38. The number of nitrogens with one attached hydrogen (secondary N) is 1. The first-order chi connectivity index (χ1) is 6.72. The van der Waals surface area contributed by atoms with Crippen LogP contribution in [0.5, 0.6) is 0 Å². The molecule has 2 unspecified atom stereocenters. The summed E-state index contributed by atoms with van der Waals surface area (Å²) >= 11 is 0. The Kier molecular flexibility index (Phi) is 4.86. The van der Waals surface area contributed by atoms with E-state index in [0.29, 0.717) is 6.10 Å². The molecule has 5 heteroatoms. The highest BCUT2D eigenvalue weighted by Gasteiger charge is 2.21. The molecule has 0 saturated heterocycles. The number of methoxy groups -OCH3 is 1. The van der Waals surface area contributed by atoms with Gasteiger partial charge in [-0.15, -0.1) is 0 Å². The lowest BCUT2D eigenvalue weighted by Gasteiger charge is -2.28. The molecule has 14 heavy (non-hydrogen) atoms. The fourth-order valence-electron chi connectivity index (χ4n) is 1.70. The number of hydroxylamine groups is 1. The van der Waals surface area contributed by atoms with Gasteiger partial charge in [0, 0.05) is 13.2 Å². The number of rotatable bonds is 5. The molecule has 0 aromatic heterocycles. The van der Waals surface area contributed by atoms with Crippen molar-refractivity contribution in [1.82, 2.24) is 5.48 Å². The minimum Gasteiger partial charge on any atom is -0.381 e. The summed E-state index contributed by atoms with van der Waals surface area (Å²) < 4.78 is 5.26. The Hall–Kier alpha value is -0.650. The van der Waals surface area contributed by atoms with Crippen LogP contribution >= 0.6 is 0 Å². The molecule has 2 atom stereocenters. The van der Waals surface area contributed by atoms with Gasteiger partial charge in [-0.25, -0.2) is 0 Å². The number of hydrogen-bond acceptors (Lipinski definition) is 4. The third-order valence-electron chi connectivity index (χ3n) is 2.42. The van der Waals surface area contributed by atoms with Gasteiger partial charge in [0.15, 0.2) is 0 Å². The van der Waals surface area contributed by atoms with Gasteiger partial charge in [-0.1, -0.05) is 0 Å². The molecule has 0 radical (unpaired) electrons. The van der Waals surface area contributed by atoms with E-state index in [1.807, 2.05) is 0 Å². The molecule has 1 amide bonds. The molecule has 0 bridgehead atoms. The number of carbonyl (C=O) groups is 1. The Balaban J connectivity index is 2.14. The highest BCUT2D eigenvalue weighted by Crippen LogP contribution is 2.20. The van der Waals surface area contributed by atoms with Crippen LogP contribution in [0.4, 0.5) is 0 Å². The van der Waals surface area contributed by atoms with Crippen LogP contribution in [-0.2, 0) is 14.4 Å². The zero-order chi connectivity index (χ0) is 10.4. The molecule has 0 aliphatic heterocycles. The molecule has 1 fully saturated rings. The fraction of sp³-hybridized carbons (Fsp3) is 0.889. The maximum Gasteiger partial charge on any atom is 0.245 e. The topological polar surface area (TPSA) is 73.6 Å². The van der Waals surface area contributed by atoms with Gasteiger partial charge in [0.25, 0.3) is 0 Å². The summed E-state index contributed by atoms with van der Waals surface area (Å²) in [6.45, 7) is -0.0752. The van der Waals surface area contributed by atoms with E-state index >= 15 is 0 Å². The number of nitrogens with two attached hydrogens (primary N) is 1. The molecular weight excluding hydrogens is 184 g/mol. The molecule has 0 heterocycles. The molecular formula is C9H18N2O3. The standard InChI is InChI=1S/C9H18N2O3/c1-13-8-4-2-3-7(5-8)11-14-6-9(10)12/h7-8,11H,2-6H2,1H3,(H2,10,12). The quantitative estimate of drug-likeness (QED) is 0.613. The Labute approximate surface area is 83.9 Å². The third-order valence-corrected chi connectivity index (χ3v) is 2.42. The normalized spacial score (nSPS) is 27.5. The lowest BCUT2D eigenvalue weighted by molar-refractivity contribution is -0.126. The summed E-state index contributed by atoms with van der Waals surface area (Å²) in [6, 6.07) is 0.271. The zero-order valence-corrected chi connectivity index (χ0v) is 8.49. The van der Waals surface area contributed by atoms with Crippen molar-refractivity contribution in [2.45, 2.75) is 37.8 Å². The second kappa shape index (κ2) is 5.95. The molecule has 1 aliphatic carbocycles. The summed E-state index contributed by atoms with van der Waals surface area (Å²) in [5.74, 6) is -0.461. The van der Waals surface area contributed by atoms with Gasteiger partial charge < -0.3 is 10.5 Å². The van der Waals surface area contributed by atoms with Crippen molar-refractivity contribution in [3.05, 3.63) is 0 Å². The molecule has 1 aliphatic rings. The van der Waals surface area contributed by atoms with Crippen LogP contribution in [-0.4, -0.2) is 31.8 Å². The summed E-state index contributed by atoms with van der Waals surface area (Å²) in [4.78, 5) is 15.3.